The summed E-state index contributed by atoms with van der Waals surface area (Å²) < 4.78 is 84.3. The third-order valence-electron chi connectivity index (χ3n) is 2.76. The molecular weight excluding hydrogens is 604 g/mol. The summed E-state index contributed by atoms with van der Waals surface area (Å²) in [5.74, 6) is -3.88. The molecule has 1 rings (SSSR count). The number of ether oxygens (including phenoxy) is 2. The van der Waals surface area contributed by atoms with Crippen molar-refractivity contribution in [2.45, 2.75) is 18.0 Å². The number of aliphatic hydroxyl groups is 1. The number of rotatable bonds is 5. The van der Waals surface area contributed by atoms with Crippen LogP contribution in [0.4, 0.5) is 26.3 Å². The summed E-state index contributed by atoms with van der Waals surface area (Å²) >= 11 is 3.84. The minimum atomic E-state index is -6.34. The molecule has 0 aliphatic rings. The second kappa shape index (κ2) is 8.45. The number of hydrogen-bond acceptors (Lipinski definition) is 5. The Morgan fingerprint density at radius 3 is 1.73 bits per heavy atom. The summed E-state index contributed by atoms with van der Waals surface area (Å²) in [5.41, 5.74) is -5.58. The van der Waals surface area contributed by atoms with Gasteiger partial charge in [-0.05, 0) is 63.4 Å². The maximum atomic E-state index is 12.4. The average Bonchev–Trinajstić information content (AvgIpc) is 2.46. The second-order valence-electron chi connectivity index (χ2n) is 4.64. The molecule has 0 heterocycles. The first-order chi connectivity index (χ1) is 11.7. The van der Waals surface area contributed by atoms with Gasteiger partial charge in [0.15, 0.2) is 0 Å². The third kappa shape index (κ3) is 5.34. The van der Waals surface area contributed by atoms with Gasteiger partial charge in [0, 0.05) is 7.14 Å². The molecule has 146 valence electrons. The van der Waals surface area contributed by atoms with Gasteiger partial charge >= 0.3 is 29.9 Å². The minimum absolute atomic E-state index is 0.0923. The lowest BCUT2D eigenvalue weighted by Gasteiger charge is -2.29. The molecule has 0 amide bonds. The molecule has 0 atom stereocenters. The zero-order valence-corrected chi connectivity index (χ0v) is 16.6. The van der Waals surface area contributed by atoms with Crippen LogP contribution in [0.2, 0.25) is 0 Å². The van der Waals surface area contributed by atoms with Gasteiger partial charge in [-0.3, -0.25) is 0 Å². The number of esters is 2. The number of alkyl halides is 6. The smallest absolute Gasteiger partial charge is 0.437 e. The first-order valence-electron chi connectivity index (χ1n) is 6.36. The Labute approximate surface area is 169 Å². The van der Waals surface area contributed by atoms with Crippen LogP contribution in [0.1, 0.15) is 10.4 Å². The van der Waals surface area contributed by atoms with E-state index in [1.807, 2.05) is 45.2 Å². The molecule has 0 saturated heterocycles. The zero-order chi connectivity index (χ0) is 20.3. The molecule has 1 aromatic rings. The van der Waals surface area contributed by atoms with E-state index in [1.165, 1.54) is 12.1 Å². The number of benzene rings is 1. The van der Waals surface area contributed by atoms with Crippen LogP contribution < -0.4 is 0 Å². The van der Waals surface area contributed by atoms with E-state index in [0.717, 1.165) is 0 Å². The number of halogens is 8. The van der Waals surface area contributed by atoms with E-state index in [-0.39, 0.29) is 5.56 Å². The molecule has 1 aromatic carbocycles. The van der Waals surface area contributed by atoms with Crippen molar-refractivity contribution in [3.8, 4) is 0 Å². The molecule has 1 N–H and O–H groups in total. The van der Waals surface area contributed by atoms with Gasteiger partial charge in [-0.15, -0.1) is 0 Å². The van der Waals surface area contributed by atoms with Crippen molar-refractivity contribution in [2.75, 3.05) is 13.2 Å². The van der Waals surface area contributed by atoms with Gasteiger partial charge in [0.1, 0.15) is 13.2 Å². The molecule has 0 aromatic heterocycles. The Morgan fingerprint density at radius 2 is 1.31 bits per heavy atom. The quantitative estimate of drug-likeness (QED) is 0.239. The number of carbonyl (C=O) groups excluding carboxylic acids is 2. The van der Waals surface area contributed by atoms with Crippen LogP contribution in [0, 0.1) is 7.14 Å². The minimum Gasteiger partial charge on any atom is -0.459 e. The summed E-state index contributed by atoms with van der Waals surface area (Å²) in [5, 5.41) is 8.77. The van der Waals surface area contributed by atoms with Crippen LogP contribution in [0.3, 0.4) is 0 Å². The van der Waals surface area contributed by atoms with Gasteiger partial charge in [-0.25, -0.2) is 9.59 Å². The molecule has 0 aliphatic heterocycles. The largest absolute Gasteiger partial charge is 0.459 e. The molecular formula is C13H8F6I2O5. The van der Waals surface area contributed by atoms with Gasteiger partial charge in [-0.2, -0.15) is 26.3 Å². The fourth-order valence-electron chi connectivity index (χ4n) is 1.52. The Bertz CT molecular complexity index is 654. The molecule has 26 heavy (non-hydrogen) atoms. The van der Waals surface area contributed by atoms with Crippen molar-refractivity contribution in [3.05, 3.63) is 30.9 Å². The SMILES string of the molecule is O=C(OCCOC(=O)C(O)(C(F)(F)F)C(F)(F)F)c1cc(I)cc(I)c1. The Morgan fingerprint density at radius 1 is 0.885 bits per heavy atom. The molecule has 13 heteroatoms. The lowest BCUT2D eigenvalue weighted by molar-refractivity contribution is -0.357. The van der Waals surface area contributed by atoms with E-state index in [4.69, 9.17) is 5.11 Å². The average molecular weight is 612 g/mol. The van der Waals surface area contributed by atoms with Crippen LogP contribution in [-0.2, 0) is 14.3 Å². The van der Waals surface area contributed by atoms with Crippen LogP contribution >= 0.6 is 45.2 Å². The highest BCUT2D eigenvalue weighted by Gasteiger charge is 2.76. The highest BCUT2D eigenvalue weighted by Crippen LogP contribution is 2.43. The maximum absolute atomic E-state index is 12.4. The third-order valence-corrected chi connectivity index (χ3v) is 4.01. The Kier molecular flexibility index (Phi) is 7.54. The predicted molar refractivity (Wildman–Crippen MR) is 90.2 cm³/mol. The second-order valence-corrected chi connectivity index (χ2v) is 7.13. The molecule has 0 spiro atoms. The molecule has 0 radical (unpaired) electrons. The van der Waals surface area contributed by atoms with Crippen molar-refractivity contribution in [1.82, 2.24) is 0 Å². The zero-order valence-electron chi connectivity index (χ0n) is 12.3. The van der Waals surface area contributed by atoms with Crippen molar-refractivity contribution in [2.24, 2.45) is 0 Å². The van der Waals surface area contributed by atoms with Gasteiger partial charge in [-0.1, -0.05) is 0 Å². The van der Waals surface area contributed by atoms with E-state index in [2.05, 4.69) is 9.47 Å². The van der Waals surface area contributed by atoms with Crippen LogP contribution in [-0.4, -0.2) is 48.2 Å². The summed E-state index contributed by atoms with van der Waals surface area (Å²) in [4.78, 5) is 22.8. The molecule has 0 aliphatic carbocycles. The van der Waals surface area contributed by atoms with E-state index in [0.29, 0.717) is 7.14 Å². The van der Waals surface area contributed by atoms with Crippen LogP contribution in [0.15, 0.2) is 18.2 Å². The van der Waals surface area contributed by atoms with Gasteiger partial charge < -0.3 is 14.6 Å². The first-order valence-corrected chi connectivity index (χ1v) is 8.52. The van der Waals surface area contributed by atoms with Crippen LogP contribution in [0.25, 0.3) is 0 Å². The molecule has 5 nitrogen and oxygen atoms in total. The van der Waals surface area contributed by atoms with Gasteiger partial charge in [0.25, 0.3) is 0 Å². The predicted octanol–water partition coefficient (Wildman–Crippen LogP) is 3.45. The molecule has 0 bridgehead atoms. The maximum Gasteiger partial charge on any atom is 0.437 e. The molecule has 0 unspecified atom stereocenters. The van der Waals surface area contributed by atoms with Crippen LogP contribution in [0.5, 0.6) is 0 Å². The number of hydrogen-bond donors (Lipinski definition) is 1. The molecule has 0 fully saturated rings. The van der Waals surface area contributed by atoms with Gasteiger partial charge in [0.2, 0.25) is 0 Å². The first kappa shape index (κ1) is 23.2. The fraction of sp³-hybridized carbons (Fsp3) is 0.385. The lowest BCUT2D eigenvalue weighted by atomic mass is 10.0. The topological polar surface area (TPSA) is 72.8 Å². The highest BCUT2D eigenvalue weighted by molar-refractivity contribution is 14.1. The van der Waals surface area contributed by atoms with Crippen molar-refractivity contribution in [3.63, 3.8) is 0 Å². The summed E-state index contributed by atoms with van der Waals surface area (Å²) in [6.07, 6.45) is -12.7. The van der Waals surface area contributed by atoms with Crippen molar-refractivity contribution in [1.29, 1.82) is 0 Å². The van der Waals surface area contributed by atoms with Crippen molar-refractivity contribution < 1.29 is 50.5 Å². The monoisotopic (exact) mass is 612 g/mol. The highest BCUT2D eigenvalue weighted by atomic mass is 127. The normalized spacial score (nSPS) is 12.7. The lowest BCUT2D eigenvalue weighted by Crippen LogP contribution is -2.63. The number of carbonyl (C=O) groups is 2. The van der Waals surface area contributed by atoms with E-state index >= 15 is 0 Å². The summed E-state index contributed by atoms with van der Waals surface area (Å²) in [6, 6.07) is 4.60. The van der Waals surface area contributed by atoms with E-state index in [1.54, 1.807) is 6.07 Å². The standard InChI is InChI=1S/C13H8F6I2O5/c14-12(15,16)11(24,13(17,18)19)10(23)26-2-1-25-9(22)6-3-7(20)5-8(21)4-6/h3-5,24H,1-2H2. The Hall–Kier alpha value is -0.840. The molecule has 0 saturated carbocycles. The van der Waals surface area contributed by atoms with E-state index in [9.17, 15) is 35.9 Å². The van der Waals surface area contributed by atoms with E-state index < -0.39 is 43.1 Å². The van der Waals surface area contributed by atoms with Gasteiger partial charge in [0.05, 0.1) is 5.56 Å². The summed E-state index contributed by atoms with van der Waals surface area (Å²) in [6.45, 7) is -1.92. The van der Waals surface area contributed by atoms with Crippen molar-refractivity contribution >= 4 is 57.1 Å². The Balaban J connectivity index is 2.67. The summed E-state index contributed by atoms with van der Waals surface area (Å²) in [7, 11) is 0. The fourth-order valence-corrected chi connectivity index (χ4v) is 3.46.